The highest BCUT2D eigenvalue weighted by atomic mass is 32.1. The Hall–Kier alpha value is -2.33. The molecule has 0 bridgehead atoms. The Balaban J connectivity index is 2.02. The predicted octanol–water partition coefficient (Wildman–Crippen LogP) is 4.07. The maximum atomic E-state index is 11.9. The molecule has 0 aliphatic rings. The summed E-state index contributed by atoms with van der Waals surface area (Å²) in [5, 5.41) is 10.9. The summed E-state index contributed by atoms with van der Waals surface area (Å²) in [5.41, 5.74) is 6.15. The molecule has 3 aromatic rings. The second-order valence-electron chi connectivity index (χ2n) is 5.69. The lowest BCUT2D eigenvalue weighted by atomic mass is 9.79. The van der Waals surface area contributed by atoms with Gasteiger partial charge in [0.15, 0.2) is 0 Å². The van der Waals surface area contributed by atoms with Crippen molar-refractivity contribution in [1.82, 2.24) is 0 Å². The molecule has 2 aromatic carbocycles. The van der Waals surface area contributed by atoms with Crippen LogP contribution in [0.4, 0.5) is 5.69 Å². The first-order chi connectivity index (χ1) is 10.5. The van der Waals surface area contributed by atoms with Crippen LogP contribution < -0.4 is 5.73 Å². The third-order valence-electron chi connectivity index (χ3n) is 4.00. The Kier molecular flexibility index (Phi) is 3.62. The molecular weight excluding hydrogens is 294 g/mol. The molecule has 0 spiro atoms. The number of fused-ring (bicyclic) bond motifs is 1. The van der Waals surface area contributed by atoms with E-state index in [9.17, 15) is 9.90 Å². The third kappa shape index (κ3) is 2.57. The smallest absolute Gasteiger partial charge is 0.314 e. The summed E-state index contributed by atoms with van der Waals surface area (Å²) < 4.78 is 1.18. The number of rotatable bonds is 4. The number of nitrogen functional groups attached to an aromatic ring is 1. The maximum absolute atomic E-state index is 11.9. The molecule has 3 rings (SSSR count). The van der Waals surface area contributed by atoms with Gasteiger partial charge in [-0.25, -0.2) is 0 Å². The number of carboxylic acids is 1. The van der Waals surface area contributed by atoms with E-state index in [1.807, 2.05) is 24.3 Å². The molecule has 1 atom stereocenters. The van der Waals surface area contributed by atoms with Crippen molar-refractivity contribution in [3.8, 4) is 0 Å². The minimum Gasteiger partial charge on any atom is -0.481 e. The van der Waals surface area contributed by atoms with Crippen molar-refractivity contribution in [1.29, 1.82) is 0 Å². The van der Waals surface area contributed by atoms with Crippen LogP contribution in [0.15, 0.2) is 54.6 Å². The molecule has 0 fully saturated rings. The molecule has 4 heteroatoms. The molecule has 3 N–H and O–H groups in total. The fourth-order valence-electron chi connectivity index (χ4n) is 2.66. The first kappa shape index (κ1) is 14.6. The van der Waals surface area contributed by atoms with E-state index < -0.39 is 11.4 Å². The van der Waals surface area contributed by atoms with Crippen LogP contribution in [0.5, 0.6) is 0 Å². The van der Waals surface area contributed by atoms with Crippen LogP contribution in [-0.4, -0.2) is 11.1 Å². The van der Waals surface area contributed by atoms with Gasteiger partial charge in [0.2, 0.25) is 0 Å². The zero-order valence-electron chi connectivity index (χ0n) is 12.2. The molecule has 1 aromatic heterocycles. The van der Waals surface area contributed by atoms with E-state index >= 15 is 0 Å². The number of thiophene rings is 1. The van der Waals surface area contributed by atoms with Gasteiger partial charge in [0.25, 0.3) is 0 Å². The SMILES string of the molecule is CC(Cc1cc2ccccc2s1)(C(=O)O)c1cccc(N)c1. The lowest BCUT2D eigenvalue weighted by molar-refractivity contribution is -0.143. The van der Waals surface area contributed by atoms with Crippen LogP contribution in [0.3, 0.4) is 0 Å². The van der Waals surface area contributed by atoms with Crippen molar-refractivity contribution >= 4 is 33.1 Å². The monoisotopic (exact) mass is 311 g/mol. The highest BCUT2D eigenvalue weighted by Gasteiger charge is 2.36. The van der Waals surface area contributed by atoms with Crippen molar-refractivity contribution in [2.45, 2.75) is 18.8 Å². The number of carbonyl (C=O) groups is 1. The molecule has 0 aliphatic carbocycles. The fraction of sp³-hybridized carbons (Fsp3) is 0.167. The first-order valence-corrected chi connectivity index (χ1v) is 7.87. The molecule has 1 heterocycles. The van der Waals surface area contributed by atoms with Gasteiger partial charge in [-0.15, -0.1) is 11.3 Å². The minimum atomic E-state index is -0.990. The van der Waals surface area contributed by atoms with Gasteiger partial charge in [0.05, 0.1) is 5.41 Å². The van der Waals surface area contributed by atoms with Crippen LogP contribution in [-0.2, 0) is 16.6 Å². The third-order valence-corrected chi connectivity index (χ3v) is 5.12. The van der Waals surface area contributed by atoms with Crippen LogP contribution in [0, 0.1) is 0 Å². The largest absolute Gasteiger partial charge is 0.481 e. The Morgan fingerprint density at radius 2 is 1.95 bits per heavy atom. The van der Waals surface area contributed by atoms with Gasteiger partial charge >= 0.3 is 5.97 Å². The fourth-order valence-corrected chi connectivity index (χ4v) is 3.88. The number of hydrogen-bond acceptors (Lipinski definition) is 3. The van der Waals surface area contributed by atoms with Gasteiger partial charge in [-0.3, -0.25) is 4.79 Å². The lowest BCUT2D eigenvalue weighted by Crippen LogP contribution is -2.34. The molecule has 3 nitrogen and oxygen atoms in total. The highest BCUT2D eigenvalue weighted by molar-refractivity contribution is 7.19. The van der Waals surface area contributed by atoms with Crippen molar-refractivity contribution in [3.63, 3.8) is 0 Å². The number of anilines is 1. The second-order valence-corrected chi connectivity index (χ2v) is 6.86. The van der Waals surface area contributed by atoms with Crippen molar-refractivity contribution < 1.29 is 9.90 Å². The number of aliphatic carboxylic acids is 1. The molecule has 22 heavy (non-hydrogen) atoms. The lowest BCUT2D eigenvalue weighted by Gasteiger charge is -2.25. The van der Waals surface area contributed by atoms with Crippen molar-refractivity contribution in [2.24, 2.45) is 0 Å². The highest BCUT2D eigenvalue weighted by Crippen LogP contribution is 2.34. The standard InChI is InChI=1S/C18H17NO2S/c1-18(17(20)21,13-6-4-7-14(19)10-13)11-15-9-12-5-2-3-8-16(12)22-15/h2-10H,11,19H2,1H3,(H,20,21). The number of carboxylic acid groups (broad SMARTS) is 1. The zero-order valence-corrected chi connectivity index (χ0v) is 13.1. The molecule has 112 valence electrons. The topological polar surface area (TPSA) is 63.3 Å². The Morgan fingerprint density at radius 3 is 2.64 bits per heavy atom. The average molecular weight is 311 g/mol. The number of benzene rings is 2. The van der Waals surface area contributed by atoms with Crippen LogP contribution in [0.25, 0.3) is 10.1 Å². The van der Waals surface area contributed by atoms with E-state index in [1.165, 1.54) is 4.70 Å². The van der Waals surface area contributed by atoms with E-state index in [-0.39, 0.29) is 0 Å². The van der Waals surface area contributed by atoms with Crippen LogP contribution in [0.2, 0.25) is 0 Å². The molecule has 0 saturated carbocycles. The van der Waals surface area contributed by atoms with E-state index in [0.717, 1.165) is 15.8 Å². The normalized spacial score (nSPS) is 13.9. The van der Waals surface area contributed by atoms with Gasteiger partial charge in [0.1, 0.15) is 0 Å². The van der Waals surface area contributed by atoms with Gasteiger partial charge in [-0.05, 0) is 42.1 Å². The Morgan fingerprint density at radius 1 is 1.18 bits per heavy atom. The molecule has 0 radical (unpaired) electrons. The van der Waals surface area contributed by atoms with Gasteiger partial charge in [0, 0.05) is 21.7 Å². The predicted molar refractivity (Wildman–Crippen MR) is 91.4 cm³/mol. The summed E-state index contributed by atoms with van der Waals surface area (Å²) in [5.74, 6) is -0.837. The average Bonchev–Trinajstić information content (AvgIpc) is 2.88. The van der Waals surface area contributed by atoms with E-state index in [0.29, 0.717) is 12.1 Å². The van der Waals surface area contributed by atoms with Crippen molar-refractivity contribution in [2.75, 3.05) is 5.73 Å². The molecule has 1 unspecified atom stereocenters. The van der Waals surface area contributed by atoms with E-state index in [4.69, 9.17) is 5.73 Å². The summed E-state index contributed by atoms with van der Waals surface area (Å²) in [7, 11) is 0. The van der Waals surface area contributed by atoms with Crippen LogP contribution in [0.1, 0.15) is 17.4 Å². The molecule has 0 aliphatic heterocycles. The minimum absolute atomic E-state index is 0.450. The van der Waals surface area contributed by atoms with E-state index in [1.54, 1.807) is 36.5 Å². The van der Waals surface area contributed by atoms with Gasteiger partial charge < -0.3 is 10.8 Å². The number of hydrogen-bond donors (Lipinski definition) is 2. The maximum Gasteiger partial charge on any atom is 0.314 e. The van der Waals surface area contributed by atoms with Gasteiger partial charge in [-0.1, -0.05) is 30.3 Å². The second kappa shape index (κ2) is 5.46. The van der Waals surface area contributed by atoms with E-state index in [2.05, 4.69) is 12.1 Å². The van der Waals surface area contributed by atoms with Gasteiger partial charge in [-0.2, -0.15) is 0 Å². The summed E-state index contributed by atoms with van der Waals surface area (Å²) in [6.07, 6.45) is 0.450. The zero-order chi connectivity index (χ0) is 15.7. The molecular formula is C18H17NO2S. The summed E-state index contributed by atoms with van der Waals surface area (Å²) in [4.78, 5) is 13.0. The van der Waals surface area contributed by atoms with Crippen molar-refractivity contribution in [3.05, 3.63) is 65.0 Å². The molecule has 0 saturated heterocycles. The molecule has 0 amide bonds. The van der Waals surface area contributed by atoms with Crippen LogP contribution >= 0.6 is 11.3 Å². The number of nitrogens with two attached hydrogens (primary N) is 1. The summed E-state index contributed by atoms with van der Waals surface area (Å²) >= 11 is 1.65. The first-order valence-electron chi connectivity index (χ1n) is 7.06. The summed E-state index contributed by atoms with van der Waals surface area (Å²) in [6, 6.07) is 17.3. The Labute approximate surface area is 133 Å². The summed E-state index contributed by atoms with van der Waals surface area (Å²) in [6.45, 7) is 1.76. The Bertz CT molecular complexity index is 807. The quantitative estimate of drug-likeness (QED) is 0.714.